The number of hydrogen-bond donors (Lipinski definition) is 0. The molecule has 0 spiro atoms. The molecule has 1 amide bonds. The number of fused-ring (bicyclic) bond motifs is 1. The summed E-state index contributed by atoms with van der Waals surface area (Å²) in [5, 5.41) is 11.3. The molecule has 1 fully saturated rings. The highest BCUT2D eigenvalue weighted by Crippen LogP contribution is 2.32. The van der Waals surface area contributed by atoms with Crippen LogP contribution in [0.5, 0.6) is 0 Å². The van der Waals surface area contributed by atoms with E-state index in [1.807, 2.05) is 24.3 Å². The van der Waals surface area contributed by atoms with Crippen molar-refractivity contribution in [1.82, 2.24) is 4.90 Å². The van der Waals surface area contributed by atoms with Crippen LogP contribution in [0.1, 0.15) is 31.1 Å². The second kappa shape index (κ2) is 8.44. The third-order valence-electron chi connectivity index (χ3n) is 4.65. The Bertz CT molecular complexity index is 1020. The standard InChI is InChI=1S/C22H21N3O2S/c1-2-7-20-21(26)25(22(28-20)24-23-14-18-11-6-13-27-18)15-17-10-5-9-16-8-3-4-12-19(16)17/h3-6,8-14,20H,2,7,15H2,1H3/b23-14+,24-22+. The van der Waals surface area contributed by atoms with Crippen molar-refractivity contribution in [3.8, 4) is 0 Å². The monoisotopic (exact) mass is 391 g/mol. The van der Waals surface area contributed by atoms with Crippen molar-refractivity contribution >= 4 is 39.8 Å². The Labute approximate surface area is 168 Å². The summed E-state index contributed by atoms with van der Waals surface area (Å²) in [6, 6.07) is 18.0. The Hall–Kier alpha value is -2.86. The zero-order valence-electron chi connectivity index (χ0n) is 15.6. The summed E-state index contributed by atoms with van der Waals surface area (Å²) >= 11 is 1.50. The van der Waals surface area contributed by atoms with E-state index in [4.69, 9.17) is 4.42 Å². The lowest BCUT2D eigenvalue weighted by molar-refractivity contribution is -0.126. The van der Waals surface area contributed by atoms with Crippen LogP contribution in [0.4, 0.5) is 0 Å². The van der Waals surface area contributed by atoms with Crippen LogP contribution < -0.4 is 0 Å². The molecule has 1 saturated heterocycles. The van der Waals surface area contributed by atoms with Crippen LogP contribution in [-0.4, -0.2) is 27.4 Å². The van der Waals surface area contributed by atoms with Crippen LogP contribution in [0.3, 0.4) is 0 Å². The highest BCUT2D eigenvalue weighted by atomic mass is 32.2. The fourth-order valence-electron chi connectivity index (χ4n) is 3.28. The van der Waals surface area contributed by atoms with E-state index in [1.165, 1.54) is 17.1 Å². The van der Waals surface area contributed by atoms with Gasteiger partial charge in [0.1, 0.15) is 5.76 Å². The molecule has 1 atom stereocenters. The van der Waals surface area contributed by atoms with Gasteiger partial charge in [0.15, 0.2) is 5.17 Å². The molecule has 1 aliphatic rings. The minimum Gasteiger partial charge on any atom is -0.463 e. The number of nitrogens with zero attached hydrogens (tertiary/aromatic N) is 3. The van der Waals surface area contributed by atoms with Gasteiger partial charge in [0, 0.05) is 0 Å². The molecule has 3 aromatic rings. The van der Waals surface area contributed by atoms with Gasteiger partial charge >= 0.3 is 0 Å². The van der Waals surface area contributed by atoms with Gasteiger partial charge in [-0.05, 0) is 34.9 Å². The van der Waals surface area contributed by atoms with Gasteiger partial charge < -0.3 is 4.42 Å². The number of furan rings is 1. The average Bonchev–Trinajstić information content (AvgIpc) is 3.33. The molecule has 1 unspecified atom stereocenters. The normalized spacial score (nSPS) is 18.8. The molecule has 0 bridgehead atoms. The molecule has 0 saturated carbocycles. The molecule has 1 aliphatic heterocycles. The van der Waals surface area contributed by atoms with Crippen molar-refractivity contribution in [3.63, 3.8) is 0 Å². The van der Waals surface area contributed by atoms with Crippen molar-refractivity contribution in [2.45, 2.75) is 31.6 Å². The number of amides is 1. The summed E-state index contributed by atoms with van der Waals surface area (Å²) in [6.07, 6.45) is 4.93. The molecule has 2 aromatic carbocycles. The van der Waals surface area contributed by atoms with Crippen LogP contribution in [0, 0.1) is 0 Å². The Morgan fingerprint density at radius 3 is 2.82 bits per heavy atom. The molecular formula is C22H21N3O2S. The number of amidine groups is 1. The van der Waals surface area contributed by atoms with Crippen LogP contribution in [-0.2, 0) is 11.3 Å². The van der Waals surface area contributed by atoms with Gasteiger partial charge in [-0.1, -0.05) is 67.6 Å². The predicted molar refractivity (Wildman–Crippen MR) is 115 cm³/mol. The molecule has 6 heteroatoms. The highest BCUT2D eigenvalue weighted by molar-refractivity contribution is 8.15. The van der Waals surface area contributed by atoms with E-state index in [0.29, 0.717) is 17.5 Å². The summed E-state index contributed by atoms with van der Waals surface area (Å²) in [6.45, 7) is 2.58. The summed E-state index contributed by atoms with van der Waals surface area (Å²) in [7, 11) is 0. The molecular weight excluding hydrogens is 370 g/mol. The van der Waals surface area contributed by atoms with Gasteiger partial charge in [0.2, 0.25) is 5.91 Å². The van der Waals surface area contributed by atoms with E-state index in [0.717, 1.165) is 23.8 Å². The van der Waals surface area contributed by atoms with E-state index in [9.17, 15) is 4.79 Å². The quantitative estimate of drug-likeness (QED) is 0.435. The smallest absolute Gasteiger partial charge is 0.242 e. The predicted octanol–water partition coefficient (Wildman–Crippen LogP) is 5.07. The van der Waals surface area contributed by atoms with Crippen LogP contribution >= 0.6 is 11.8 Å². The number of benzene rings is 2. The molecule has 4 rings (SSSR count). The molecule has 5 nitrogen and oxygen atoms in total. The zero-order chi connectivity index (χ0) is 19.3. The van der Waals surface area contributed by atoms with Crippen molar-refractivity contribution in [2.75, 3.05) is 0 Å². The second-order valence-corrected chi connectivity index (χ2v) is 7.77. The first-order chi connectivity index (χ1) is 13.8. The Morgan fingerprint density at radius 2 is 2.00 bits per heavy atom. The lowest BCUT2D eigenvalue weighted by atomic mass is 10.0. The van der Waals surface area contributed by atoms with Crippen LogP contribution in [0.15, 0.2) is 75.5 Å². The summed E-state index contributed by atoms with van der Waals surface area (Å²) < 4.78 is 5.24. The number of carbonyl (C=O) groups is 1. The number of rotatable bonds is 6. The van der Waals surface area contributed by atoms with Crippen LogP contribution in [0.25, 0.3) is 10.8 Å². The zero-order valence-corrected chi connectivity index (χ0v) is 16.4. The maximum absolute atomic E-state index is 13.0. The van der Waals surface area contributed by atoms with Gasteiger partial charge in [-0.25, -0.2) is 0 Å². The van der Waals surface area contributed by atoms with Gasteiger partial charge in [0.05, 0.1) is 24.3 Å². The topological polar surface area (TPSA) is 58.2 Å². The van der Waals surface area contributed by atoms with Crippen molar-refractivity contribution in [1.29, 1.82) is 0 Å². The van der Waals surface area contributed by atoms with Gasteiger partial charge in [-0.15, -0.1) is 5.10 Å². The van der Waals surface area contributed by atoms with Crippen LogP contribution in [0.2, 0.25) is 0 Å². The second-order valence-electron chi connectivity index (χ2n) is 6.60. The maximum atomic E-state index is 13.0. The first kappa shape index (κ1) is 18.5. The molecule has 1 aromatic heterocycles. The molecule has 142 valence electrons. The van der Waals surface area contributed by atoms with Gasteiger partial charge in [-0.3, -0.25) is 9.69 Å². The fraction of sp³-hybridized carbons (Fsp3) is 0.227. The minimum atomic E-state index is -0.0995. The summed E-state index contributed by atoms with van der Waals surface area (Å²) in [5.74, 6) is 0.733. The van der Waals surface area contributed by atoms with E-state index in [1.54, 1.807) is 23.4 Å². The van der Waals surface area contributed by atoms with Crippen molar-refractivity contribution in [2.24, 2.45) is 10.2 Å². The van der Waals surface area contributed by atoms with E-state index < -0.39 is 0 Å². The number of hydrogen-bond acceptors (Lipinski definition) is 5. The Kier molecular flexibility index (Phi) is 5.58. The Morgan fingerprint density at radius 1 is 1.14 bits per heavy atom. The third kappa shape index (κ3) is 3.87. The van der Waals surface area contributed by atoms with Gasteiger partial charge in [0.25, 0.3) is 0 Å². The summed E-state index contributed by atoms with van der Waals surface area (Å²) in [4.78, 5) is 14.7. The fourth-order valence-corrected chi connectivity index (χ4v) is 4.49. The molecule has 0 radical (unpaired) electrons. The maximum Gasteiger partial charge on any atom is 0.242 e. The largest absolute Gasteiger partial charge is 0.463 e. The van der Waals surface area contributed by atoms with Crippen molar-refractivity contribution < 1.29 is 9.21 Å². The van der Waals surface area contributed by atoms with Gasteiger partial charge in [-0.2, -0.15) is 5.10 Å². The molecule has 2 heterocycles. The highest BCUT2D eigenvalue weighted by Gasteiger charge is 2.37. The van der Waals surface area contributed by atoms with Crippen molar-refractivity contribution in [3.05, 3.63) is 72.2 Å². The first-order valence-corrected chi connectivity index (χ1v) is 10.2. The lowest BCUT2D eigenvalue weighted by Crippen LogP contribution is -2.31. The van der Waals surface area contributed by atoms with E-state index in [-0.39, 0.29) is 11.2 Å². The number of thioether (sulfide) groups is 1. The SMILES string of the molecule is CCCC1S/C(=N/N=C/c2ccco2)N(Cc2cccc3ccccc23)C1=O. The third-order valence-corrected chi connectivity index (χ3v) is 5.89. The molecule has 0 N–H and O–H groups in total. The molecule has 28 heavy (non-hydrogen) atoms. The summed E-state index contributed by atoms with van der Waals surface area (Å²) in [5.41, 5.74) is 1.10. The number of carbonyl (C=O) groups excluding carboxylic acids is 1. The lowest BCUT2D eigenvalue weighted by Gasteiger charge is -2.17. The average molecular weight is 391 g/mol. The van der Waals surface area contributed by atoms with E-state index >= 15 is 0 Å². The molecule has 0 aliphatic carbocycles. The van der Waals surface area contributed by atoms with E-state index in [2.05, 4.69) is 41.4 Å². The Balaban J connectivity index is 1.63. The first-order valence-electron chi connectivity index (χ1n) is 9.35. The minimum absolute atomic E-state index is 0.0995.